The van der Waals surface area contributed by atoms with Crippen LogP contribution in [0.1, 0.15) is 5.56 Å². The Morgan fingerprint density at radius 1 is 0.929 bits per heavy atom. The lowest BCUT2D eigenvalue weighted by Gasteiger charge is -2.34. The summed E-state index contributed by atoms with van der Waals surface area (Å²) in [5, 5.41) is 0.679. The van der Waals surface area contributed by atoms with Gasteiger partial charge >= 0.3 is 0 Å². The molecule has 28 heavy (non-hydrogen) atoms. The molecular weight excluding hydrogens is 368 g/mol. The van der Waals surface area contributed by atoms with E-state index < -0.39 is 0 Å². The lowest BCUT2D eigenvalue weighted by Crippen LogP contribution is -2.47. The fourth-order valence-electron chi connectivity index (χ4n) is 3.35. The molecule has 2 heterocycles. The normalized spacial score (nSPS) is 15.6. The Hall–Kier alpha value is -2.69. The number of aromatic nitrogens is 1. The summed E-state index contributed by atoms with van der Waals surface area (Å²) in [6, 6.07) is 22.1. The molecule has 0 N–H and O–H groups in total. The molecule has 1 fully saturated rings. The number of piperazine rings is 1. The highest BCUT2D eigenvalue weighted by Gasteiger charge is 2.19. The van der Waals surface area contributed by atoms with Crippen LogP contribution in [0.4, 0.5) is 5.69 Å². The lowest BCUT2D eigenvalue weighted by molar-refractivity contribution is 0.216. The van der Waals surface area contributed by atoms with Gasteiger partial charge in [-0.2, -0.15) is 0 Å². The van der Waals surface area contributed by atoms with Crippen LogP contribution in [0.3, 0.4) is 0 Å². The van der Waals surface area contributed by atoms with Crippen molar-refractivity contribution in [1.29, 1.82) is 0 Å². The van der Waals surface area contributed by atoms with Crippen LogP contribution in [0.15, 0.2) is 77.9 Å². The third-order valence-corrected chi connectivity index (χ3v) is 5.29. The maximum Gasteiger partial charge on any atom is 0.136 e. The highest BCUT2D eigenvalue weighted by molar-refractivity contribution is 6.33. The van der Waals surface area contributed by atoms with E-state index in [0.717, 1.165) is 54.5 Å². The first-order chi connectivity index (χ1) is 13.7. The van der Waals surface area contributed by atoms with Gasteiger partial charge < -0.3 is 9.80 Å². The molecule has 0 atom stereocenters. The summed E-state index contributed by atoms with van der Waals surface area (Å²) in [5.74, 6) is 1.00. The molecule has 142 valence electrons. The van der Waals surface area contributed by atoms with Crippen LogP contribution >= 0.6 is 11.6 Å². The Kier molecular flexibility index (Phi) is 5.70. The topological polar surface area (TPSA) is 31.7 Å². The molecule has 0 radical (unpaired) electrons. The molecule has 1 aliphatic heterocycles. The zero-order valence-corrected chi connectivity index (χ0v) is 16.7. The van der Waals surface area contributed by atoms with Gasteiger partial charge in [-0.05, 0) is 37.4 Å². The Bertz CT molecular complexity index is 949. The number of pyridine rings is 1. The summed E-state index contributed by atoms with van der Waals surface area (Å²) in [6.45, 7) is 3.99. The molecule has 1 aromatic heterocycles. The van der Waals surface area contributed by atoms with Crippen LogP contribution in [-0.2, 0) is 0 Å². The van der Waals surface area contributed by atoms with E-state index in [1.54, 1.807) is 6.20 Å². The van der Waals surface area contributed by atoms with Crippen LogP contribution < -0.4 is 0 Å². The summed E-state index contributed by atoms with van der Waals surface area (Å²) >= 11 is 6.44. The second-order valence-electron chi connectivity index (χ2n) is 6.97. The second kappa shape index (κ2) is 8.55. The average Bonchev–Trinajstić information content (AvgIpc) is 2.75. The number of nitrogens with zero attached hydrogens (tertiary/aromatic N) is 4. The summed E-state index contributed by atoms with van der Waals surface area (Å²) in [7, 11) is 2.16. The fourth-order valence-corrected chi connectivity index (χ4v) is 3.56. The van der Waals surface area contributed by atoms with E-state index >= 15 is 0 Å². The number of rotatable bonds is 3. The van der Waals surface area contributed by atoms with Crippen molar-refractivity contribution in [3.63, 3.8) is 0 Å². The van der Waals surface area contributed by atoms with Crippen LogP contribution in [0.5, 0.6) is 0 Å². The minimum Gasteiger partial charge on any atom is -0.354 e. The number of hydrogen-bond donors (Lipinski definition) is 0. The number of amidine groups is 1. The largest absolute Gasteiger partial charge is 0.354 e. The predicted molar refractivity (Wildman–Crippen MR) is 116 cm³/mol. The molecule has 4 nitrogen and oxygen atoms in total. The first-order valence-corrected chi connectivity index (χ1v) is 9.87. The van der Waals surface area contributed by atoms with Gasteiger partial charge in [0.25, 0.3) is 0 Å². The number of benzene rings is 2. The fraction of sp³-hybridized carbons (Fsp3) is 0.217. The number of hydrogen-bond acceptors (Lipinski definition) is 3. The first-order valence-electron chi connectivity index (χ1n) is 9.49. The summed E-state index contributed by atoms with van der Waals surface area (Å²) in [6.07, 6.45) is 1.78. The van der Waals surface area contributed by atoms with Gasteiger partial charge in [-0.25, -0.2) is 4.99 Å². The number of aliphatic imine (C=N–C) groups is 1. The summed E-state index contributed by atoms with van der Waals surface area (Å²) < 4.78 is 0. The van der Waals surface area contributed by atoms with Crippen molar-refractivity contribution in [1.82, 2.24) is 14.8 Å². The van der Waals surface area contributed by atoms with Gasteiger partial charge in [0.2, 0.25) is 0 Å². The van der Waals surface area contributed by atoms with Crippen molar-refractivity contribution in [2.24, 2.45) is 4.99 Å². The van der Waals surface area contributed by atoms with Crippen LogP contribution in [0.25, 0.3) is 11.3 Å². The van der Waals surface area contributed by atoms with Crippen molar-refractivity contribution >= 4 is 23.1 Å². The quantitative estimate of drug-likeness (QED) is 0.478. The Balaban J connectivity index is 1.74. The average molecular weight is 391 g/mol. The molecule has 1 aliphatic rings. The van der Waals surface area contributed by atoms with Crippen molar-refractivity contribution < 1.29 is 0 Å². The Labute approximate surface area is 171 Å². The number of likely N-dealkylation sites (N-methyl/N-ethyl adjacent to an activating group) is 1. The summed E-state index contributed by atoms with van der Waals surface area (Å²) in [4.78, 5) is 14.2. The van der Waals surface area contributed by atoms with Gasteiger partial charge in [0, 0.05) is 43.5 Å². The molecular formula is C23H23ClN4. The van der Waals surface area contributed by atoms with E-state index in [4.69, 9.17) is 16.6 Å². The molecule has 4 rings (SSSR count). The second-order valence-corrected chi connectivity index (χ2v) is 7.38. The summed E-state index contributed by atoms with van der Waals surface area (Å²) in [5.41, 5.74) is 3.75. The smallest absolute Gasteiger partial charge is 0.136 e. The molecule has 0 aliphatic carbocycles. The molecule has 5 heteroatoms. The Morgan fingerprint density at radius 2 is 1.68 bits per heavy atom. The van der Waals surface area contributed by atoms with E-state index in [1.165, 1.54) is 0 Å². The van der Waals surface area contributed by atoms with E-state index in [2.05, 4.69) is 46.1 Å². The Morgan fingerprint density at radius 3 is 2.39 bits per heavy atom. The maximum atomic E-state index is 6.44. The third kappa shape index (κ3) is 4.24. The molecule has 0 bridgehead atoms. The zero-order chi connectivity index (χ0) is 19.3. The third-order valence-electron chi connectivity index (χ3n) is 4.96. The highest BCUT2D eigenvalue weighted by atomic mass is 35.5. The van der Waals surface area contributed by atoms with Crippen molar-refractivity contribution in [3.05, 3.63) is 83.5 Å². The molecule has 0 saturated carbocycles. The van der Waals surface area contributed by atoms with Crippen molar-refractivity contribution in [2.45, 2.75) is 0 Å². The molecule has 0 unspecified atom stereocenters. The van der Waals surface area contributed by atoms with E-state index in [0.29, 0.717) is 5.02 Å². The van der Waals surface area contributed by atoms with Gasteiger partial charge in [0.15, 0.2) is 0 Å². The molecule has 1 saturated heterocycles. The lowest BCUT2D eigenvalue weighted by atomic mass is 10.1. The predicted octanol–water partition coefficient (Wildman–Crippen LogP) is 4.73. The highest BCUT2D eigenvalue weighted by Crippen LogP contribution is 2.31. The molecule has 0 amide bonds. The zero-order valence-electron chi connectivity index (χ0n) is 15.9. The molecule has 2 aromatic carbocycles. The van der Waals surface area contributed by atoms with Gasteiger partial charge in [-0.1, -0.05) is 48.0 Å². The van der Waals surface area contributed by atoms with Crippen LogP contribution in [-0.4, -0.2) is 53.8 Å². The number of halogens is 1. The van der Waals surface area contributed by atoms with Crippen molar-refractivity contribution in [3.8, 4) is 11.3 Å². The minimum atomic E-state index is 0.679. The monoisotopic (exact) mass is 390 g/mol. The maximum absolute atomic E-state index is 6.44. The van der Waals surface area contributed by atoms with Crippen LogP contribution in [0, 0.1) is 0 Å². The van der Waals surface area contributed by atoms with Crippen molar-refractivity contribution in [2.75, 3.05) is 33.2 Å². The first kappa shape index (κ1) is 18.7. The van der Waals surface area contributed by atoms with Gasteiger partial charge in [-0.3, -0.25) is 4.98 Å². The molecule has 3 aromatic rings. The van der Waals surface area contributed by atoms with Gasteiger partial charge in [0.1, 0.15) is 5.84 Å². The molecule has 0 spiro atoms. The van der Waals surface area contributed by atoms with Gasteiger partial charge in [0.05, 0.1) is 16.4 Å². The SMILES string of the molecule is CN1CCN(C(=Nc2ccc(Cl)c(-c3ccccn3)c2)c2ccccc2)CC1. The van der Waals surface area contributed by atoms with E-state index in [9.17, 15) is 0 Å². The van der Waals surface area contributed by atoms with Gasteiger partial charge in [-0.15, -0.1) is 0 Å². The van der Waals surface area contributed by atoms with E-state index in [-0.39, 0.29) is 0 Å². The minimum absolute atomic E-state index is 0.679. The standard InChI is InChI=1S/C23H23ClN4/c1-27-13-15-28(16-14-27)23(18-7-3-2-4-8-18)26-19-10-11-21(24)20(17-19)22-9-5-6-12-25-22/h2-12,17H,13-16H2,1H3. The van der Waals surface area contributed by atoms with Crippen LogP contribution in [0.2, 0.25) is 5.02 Å². The van der Waals surface area contributed by atoms with E-state index in [1.807, 2.05) is 42.5 Å².